The molecule has 1 aromatic heterocycles. The SMILES string of the molecule is Cc1c(C=O)cc(C2CC2)n1-c1ccccc1C(F)(F)F. The molecule has 5 heteroatoms. The third-order valence-corrected chi connectivity index (χ3v) is 3.89. The Bertz CT molecular complexity index is 696. The lowest BCUT2D eigenvalue weighted by molar-refractivity contribution is -0.137. The summed E-state index contributed by atoms with van der Waals surface area (Å²) in [5.74, 6) is 0.249. The molecule has 0 bridgehead atoms. The molecule has 0 saturated heterocycles. The van der Waals surface area contributed by atoms with Gasteiger partial charge in [-0.1, -0.05) is 12.1 Å². The molecule has 0 spiro atoms. The van der Waals surface area contributed by atoms with Crippen molar-refractivity contribution in [2.24, 2.45) is 0 Å². The molecule has 0 aliphatic heterocycles. The lowest BCUT2D eigenvalue weighted by atomic mass is 10.1. The van der Waals surface area contributed by atoms with Crippen LogP contribution in [-0.4, -0.2) is 10.9 Å². The Morgan fingerprint density at radius 2 is 1.90 bits per heavy atom. The third kappa shape index (κ3) is 2.37. The zero-order valence-electron chi connectivity index (χ0n) is 11.4. The highest BCUT2D eigenvalue weighted by Crippen LogP contribution is 2.44. The van der Waals surface area contributed by atoms with Crippen molar-refractivity contribution in [3.05, 3.63) is 52.8 Å². The topological polar surface area (TPSA) is 22.0 Å². The minimum absolute atomic E-state index is 0.0949. The minimum atomic E-state index is -4.42. The molecule has 1 fully saturated rings. The van der Waals surface area contributed by atoms with E-state index in [-0.39, 0.29) is 11.6 Å². The summed E-state index contributed by atoms with van der Waals surface area (Å²) in [6.07, 6.45) is -1.81. The van der Waals surface area contributed by atoms with Gasteiger partial charge in [-0.2, -0.15) is 13.2 Å². The second-order valence-corrected chi connectivity index (χ2v) is 5.35. The summed E-state index contributed by atoms with van der Waals surface area (Å²) in [7, 11) is 0. The van der Waals surface area contributed by atoms with Crippen LogP contribution in [0.2, 0.25) is 0 Å². The van der Waals surface area contributed by atoms with E-state index < -0.39 is 11.7 Å². The third-order valence-electron chi connectivity index (χ3n) is 3.89. The first-order chi connectivity index (χ1) is 9.93. The van der Waals surface area contributed by atoms with Crippen molar-refractivity contribution in [2.45, 2.75) is 31.9 Å². The molecule has 1 saturated carbocycles. The van der Waals surface area contributed by atoms with Crippen LogP contribution < -0.4 is 0 Å². The second kappa shape index (κ2) is 4.76. The predicted octanol–water partition coefficient (Wildman–Crippen LogP) is 4.49. The summed E-state index contributed by atoms with van der Waals surface area (Å²) in [5, 5.41) is 0. The number of aromatic nitrogens is 1. The molecule has 1 aromatic carbocycles. The van der Waals surface area contributed by atoms with Crippen LogP contribution in [0.25, 0.3) is 5.69 Å². The quantitative estimate of drug-likeness (QED) is 0.764. The van der Waals surface area contributed by atoms with E-state index in [4.69, 9.17) is 0 Å². The second-order valence-electron chi connectivity index (χ2n) is 5.35. The number of rotatable bonds is 3. The fourth-order valence-corrected chi connectivity index (χ4v) is 2.68. The van der Waals surface area contributed by atoms with E-state index in [0.717, 1.165) is 24.6 Å². The molecule has 0 unspecified atom stereocenters. The lowest BCUT2D eigenvalue weighted by Gasteiger charge is -2.17. The highest BCUT2D eigenvalue weighted by atomic mass is 19.4. The van der Waals surface area contributed by atoms with Gasteiger partial charge in [0.25, 0.3) is 0 Å². The van der Waals surface area contributed by atoms with Gasteiger partial charge >= 0.3 is 6.18 Å². The summed E-state index contributed by atoms with van der Waals surface area (Å²) in [6.45, 7) is 1.68. The Balaban J connectivity index is 2.26. The van der Waals surface area contributed by atoms with Gasteiger partial charge in [0.1, 0.15) is 0 Å². The number of para-hydroxylation sites is 1. The van der Waals surface area contributed by atoms with E-state index in [0.29, 0.717) is 17.5 Å². The first-order valence-corrected chi connectivity index (χ1v) is 6.77. The number of benzene rings is 1. The molecule has 2 aromatic rings. The molecule has 0 radical (unpaired) electrons. The number of aldehydes is 1. The summed E-state index contributed by atoms with van der Waals surface area (Å²) < 4.78 is 41.2. The standard InChI is InChI=1S/C16H14F3NO/c1-10-12(9-21)8-15(11-6-7-11)20(10)14-5-3-2-4-13(14)16(17,18)19/h2-5,8-9,11H,6-7H2,1H3. The number of carbonyl (C=O) groups excluding carboxylic acids is 1. The predicted molar refractivity (Wildman–Crippen MR) is 72.9 cm³/mol. The number of hydrogen-bond acceptors (Lipinski definition) is 1. The van der Waals surface area contributed by atoms with Crippen LogP contribution >= 0.6 is 0 Å². The van der Waals surface area contributed by atoms with Gasteiger partial charge in [0.15, 0.2) is 6.29 Å². The number of nitrogens with zero attached hydrogens (tertiary/aromatic N) is 1. The van der Waals surface area contributed by atoms with Gasteiger partial charge in [-0.3, -0.25) is 4.79 Å². The van der Waals surface area contributed by atoms with Crippen molar-refractivity contribution >= 4 is 6.29 Å². The van der Waals surface area contributed by atoms with Crippen molar-refractivity contribution < 1.29 is 18.0 Å². The summed E-state index contributed by atoms with van der Waals surface area (Å²) in [6, 6.07) is 7.21. The van der Waals surface area contributed by atoms with Gasteiger partial charge in [0.05, 0.1) is 11.3 Å². The van der Waals surface area contributed by atoms with Crippen LogP contribution in [0, 0.1) is 6.92 Å². The number of hydrogen-bond donors (Lipinski definition) is 0. The maximum Gasteiger partial charge on any atom is 0.418 e. The lowest BCUT2D eigenvalue weighted by Crippen LogP contribution is -2.12. The maximum atomic E-state index is 13.2. The molecular weight excluding hydrogens is 279 g/mol. The van der Waals surface area contributed by atoms with Gasteiger partial charge in [-0.25, -0.2) is 0 Å². The highest BCUT2D eigenvalue weighted by molar-refractivity contribution is 5.78. The number of halogens is 3. The Morgan fingerprint density at radius 3 is 2.48 bits per heavy atom. The Morgan fingerprint density at radius 1 is 1.24 bits per heavy atom. The minimum Gasteiger partial charge on any atom is -0.317 e. The van der Waals surface area contributed by atoms with Crippen LogP contribution in [-0.2, 0) is 6.18 Å². The van der Waals surface area contributed by atoms with Gasteiger partial charge in [-0.05, 0) is 43.9 Å². The van der Waals surface area contributed by atoms with Crippen LogP contribution in [0.15, 0.2) is 30.3 Å². The van der Waals surface area contributed by atoms with E-state index in [9.17, 15) is 18.0 Å². The van der Waals surface area contributed by atoms with E-state index >= 15 is 0 Å². The van der Waals surface area contributed by atoms with Crippen LogP contribution in [0.3, 0.4) is 0 Å². The highest BCUT2D eigenvalue weighted by Gasteiger charge is 2.36. The van der Waals surface area contributed by atoms with Gasteiger partial charge in [0.2, 0.25) is 0 Å². The Kier molecular flexibility index (Phi) is 3.15. The monoisotopic (exact) mass is 293 g/mol. The van der Waals surface area contributed by atoms with E-state index in [2.05, 4.69) is 0 Å². The average Bonchev–Trinajstić information content (AvgIpc) is 3.22. The summed E-state index contributed by atoms with van der Waals surface area (Å²) in [4.78, 5) is 11.1. The van der Waals surface area contributed by atoms with Crippen molar-refractivity contribution in [1.82, 2.24) is 4.57 Å². The number of carbonyl (C=O) groups is 1. The van der Waals surface area contributed by atoms with Crippen molar-refractivity contribution in [3.63, 3.8) is 0 Å². The van der Waals surface area contributed by atoms with E-state index in [1.54, 1.807) is 23.6 Å². The molecule has 110 valence electrons. The van der Waals surface area contributed by atoms with Crippen molar-refractivity contribution in [1.29, 1.82) is 0 Å². The van der Waals surface area contributed by atoms with E-state index in [1.807, 2.05) is 0 Å². The fourth-order valence-electron chi connectivity index (χ4n) is 2.68. The largest absolute Gasteiger partial charge is 0.418 e. The molecular formula is C16H14F3NO. The average molecular weight is 293 g/mol. The normalized spacial score (nSPS) is 15.2. The molecule has 0 amide bonds. The van der Waals surface area contributed by atoms with Gasteiger partial charge < -0.3 is 4.57 Å². The van der Waals surface area contributed by atoms with Gasteiger partial charge in [0, 0.05) is 17.0 Å². The molecule has 3 rings (SSSR count). The Labute approximate surface area is 120 Å². The maximum absolute atomic E-state index is 13.2. The molecule has 0 atom stereocenters. The summed E-state index contributed by atoms with van der Waals surface area (Å²) >= 11 is 0. The molecule has 0 N–H and O–H groups in total. The molecule has 1 aliphatic rings. The summed E-state index contributed by atoms with van der Waals surface area (Å²) in [5.41, 5.74) is 1.23. The van der Waals surface area contributed by atoms with E-state index in [1.165, 1.54) is 12.1 Å². The zero-order valence-corrected chi connectivity index (χ0v) is 11.4. The number of alkyl halides is 3. The first kappa shape index (κ1) is 13.9. The van der Waals surface area contributed by atoms with Crippen LogP contribution in [0.4, 0.5) is 13.2 Å². The molecule has 2 nitrogen and oxygen atoms in total. The van der Waals surface area contributed by atoms with Gasteiger partial charge in [-0.15, -0.1) is 0 Å². The smallest absolute Gasteiger partial charge is 0.317 e. The first-order valence-electron chi connectivity index (χ1n) is 6.77. The molecule has 1 aliphatic carbocycles. The molecule has 1 heterocycles. The van der Waals surface area contributed by atoms with Crippen LogP contribution in [0.5, 0.6) is 0 Å². The zero-order chi connectivity index (χ0) is 15.2. The van der Waals surface area contributed by atoms with Crippen molar-refractivity contribution in [3.8, 4) is 5.69 Å². The molecule has 21 heavy (non-hydrogen) atoms. The Hall–Kier alpha value is -2.04. The fraction of sp³-hybridized carbons (Fsp3) is 0.312. The van der Waals surface area contributed by atoms with Crippen molar-refractivity contribution in [2.75, 3.05) is 0 Å². The van der Waals surface area contributed by atoms with Crippen LogP contribution in [0.1, 0.15) is 46.1 Å².